The van der Waals surface area contributed by atoms with Gasteiger partial charge in [0.25, 0.3) is 0 Å². The molecule has 0 unspecified atom stereocenters. The maximum Gasteiger partial charge on any atom is 0.331 e. The second kappa shape index (κ2) is 15.1. The molecule has 4 aliphatic heterocycles. The zero-order valence-corrected chi connectivity index (χ0v) is 33.3. The second-order valence-electron chi connectivity index (χ2n) is 19.3. The summed E-state index contributed by atoms with van der Waals surface area (Å²) in [6, 6.07) is 0. The van der Waals surface area contributed by atoms with Gasteiger partial charge >= 0.3 is 5.97 Å². The van der Waals surface area contributed by atoms with Gasteiger partial charge in [0, 0.05) is 30.8 Å². The highest BCUT2D eigenvalue weighted by Crippen LogP contribution is 2.72. The van der Waals surface area contributed by atoms with Gasteiger partial charge in [0.05, 0.1) is 48.3 Å². The lowest BCUT2D eigenvalue weighted by Crippen LogP contribution is -2.61. The number of hydrogen-bond donors (Lipinski definition) is 5. The quantitative estimate of drug-likeness (QED) is 0.186. The summed E-state index contributed by atoms with van der Waals surface area (Å²) in [7, 11) is 0. The van der Waals surface area contributed by atoms with Crippen LogP contribution in [-0.4, -0.2) is 124 Å². The number of hydrogen-bond acceptors (Lipinski definition) is 13. The van der Waals surface area contributed by atoms with E-state index in [-0.39, 0.29) is 53.5 Å². The van der Waals surface area contributed by atoms with Gasteiger partial charge in [-0.2, -0.15) is 0 Å². The highest BCUT2D eigenvalue weighted by Gasteiger charge is 2.67. The third-order valence-corrected chi connectivity index (χ3v) is 16.3. The van der Waals surface area contributed by atoms with Crippen molar-refractivity contribution in [3.05, 3.63) is 11.6 Å². The number of aliphatic hydroxyl groups excluding tert-OH is 4. The van der Waals surface area contributed by atoms with Crippen LogP contribution in [-0.2, 0) is 38.0 Å². The van der Waals surface area contributed by atoms with E-state index < -0.39 is 79.4 Å². The average molecular weight is 779 g/mol. The molecular formula is C42H66O13. The number of carbonyl (C=O) groups excluding carboxylic acids is 1. The summed E-state index contributed by atoms with van der Waals surface area (Å²) in [5, 5.41) is 55.0. The fraction of sp³-hybridized carbons (Fsp3) is 0.929. The van der Waals surface area contributed by atoms with Gasteiger partial charge in [-0.3, -0.25) is 0 Å². The minimum atomic E-state index is -0.996. The Labute approximate surface area is 325 Å². The lowest BCUT2D eigenvalue weighted by atomic mass is 9.40. The van der Waals surface area contributed by atoms with Crippen LogP contribution in [0.2, 0.25) is 0 Å². The van der Waals surface area contributed by atoms with Crippen LogP contribution in [0.1, 0.15) is 125 Å². The lowest BCUT2D eigenvalue weighted by Gasteiger charge is -2.65. The molecule has 0 bridgehead atoms. The van der Waals surface area contributed by atoms with E-state index in [0.29, 0.717) is 12.5 Å². The van der Waals surface area contributed by atoms with Gasteiger partial charge in [-0.25, -0.2) is 4.79 Å². The van der Waals surface area contributed by atoms with Gasteiger partial charge in [0.15, 0.2) is 18.9 Å². The lowest BCUT2D eigenvalue weighted by molar-refractivity contribution is -0.336. The molecule has 55 heavy (non-hydrogen) atoms. The van der Waals surface area contributed by atoms with Crippen molar-refractivity contribution in [3.63, 3.8) is 0 Å². The van der Waals surface area contributed by atoms with E-state index in [0.717, 1.165) is 76.2 Å². The maximum absolute atomic E-state index is 12.5. The molecule has 1 spiro atoms. The van der Waals surface area contributed by atoms with E-state index in [9.17, 15) is 30.3 Å². The molecule has 8 rings (SSSR count). The Morgan fingerprint density at radius 3 is 1.91 bits per heavy atom. The fourth-order valence-corrected chi connectivity index (χ4v) is 12.9. The van der Waals surface area contributed by atoms with Gasteiger partial charge in [0.2, 0.25) is 0 Å². The molecule has 5 N–H and O–H groups in total. The maximum atomic E-state index is 12.5. The van der Waals surface area contributed by atoms with E-state index in [1.54, 1.807) is 19.9 Å². The van der Waals surface area contributed by atoms with Crippen molar-refractivity contribution in [1.82, 2.24) is 0 Å². The first-order chi connectivity index (χ1) is 26.0. The number of aliphatic hydroxyl groups is 5. The van der Waals surface area contributed by atoms with Crippen LogP contribution in [0.3, 0.4) is 0 Å². The first-order valence-corrected chi connectivity index (χ1v) is 21.3. The Morgan fingerprint density at radius 2 is 1.31 bits per heavy atom. The van der Waals surface area contributed by atoms with E-state index in [4.69, 9.17) is 33.2 Å². The molecule has 13 heteroatoms. The molecule has 0 aromatic carbocycles. The van der Waals surface area contributed by atoms with Crippen LogP contribution in [0.5, 0.6) is 0 Å². The third-order valence-electron chi connectivity index (χ3n) is 16.3. The molecule has 0 aromatic rings. The summed E-state index contributed by atoms with van der Waals surface area (Å²) in [6.07, 6.45) is 4.06. The molecule has 3 saturated heterocycles. The highest BCUT2D eigenvalue weighted by atomic mass is 16.7. The van der Waals surface area contributed by atoms with E-state index in [1.807, 2.05) is 6.92 Å². The summed E-state index contributed by atoms with van der Waals surface area (Å²) in [4.78, 5) is 11.9. The van der Waals surface area contributed by atoms with E-state index in [1.165, 1.54) is 0 Å². The number of carbonyl (C=O) groups is 1. The molecule has 0 radical (unpaired) electrons. The summed E-state index contributed by atoms with van der Waals surface area (Å²) in [5.74, 6) is 0.411. The summed E-state index contributed by atoms with van der Waals surface area (Å²) >= 11 is 0. The molecule has 4 heterocycles. The zero-order valence-electron chi connectivity index (χ0n) is 33.3. The smallest absolute Gasteiger partial charge is 0.331 e. The summed E-state index contributed by atoms with van der Waals surface area (Å²) in [6.45, 7) is 10.4. The van der Waals surface area contributed by atoms with Gasteiger partial charge in [0.1, 0.15) is 24.9 Å². The van der Waals surface area contributed by atoms with Crippen molar-refractivity contribution in [3.8, 4) is 0 Å². The first kappa shape index (κ1) is 40.5. The molecule has 312 valence electrons. The Bertz CT molecular complexity index is 1410. The molecule has 0 amide bonds. The van der Waals surface area contributed by atoms with Crippen molar-refractivity contribution in [2.24, 2.45) is 28.1 Å². The molecular weight excluding hydrogens is 712 g/mol. The van der Waals surface area contributed by atoms with Crippen LogP contribution >= 0.6 is 0 Å². The molecule has 13 nitrogen and oxygen atoms in total. The van der Waals surface area contributed by atoms with Crippen molar-refractivity contribution < 1.29 is 63.5 Å². The van der Waals surface area contributed by atoms with Crippen LogP contribution in [0.15, 0.2) is 11.6 Å². The van der Waals surface area contributed by atoms with E-state index >= 15 is 0 Å². The minimum absolute atomic E-state index is 0.0184. The van der Waals surface area contributed by atoms with Crippen LogP contribution in [0.25, 0.3) is 0 Å². The van der Waals surface area contributed by atoms with Crippen molar-refractivity contribution in [1.29, 1.82) is 0 Å². The largest absolute Gasteiger partial charge is 0.458 e. The number of cyclic esters (lactones) is 1. The van der Waals surface area contributed by atoms with Gasteiger partial charge in [-0.15, -0.1) is 0 Å². The predicted molar refractivity (Wildman–Crippen MR) is 196 cm³/mol. The first-order valence-electron chi connectivity index (χ1n) is 21.3. The van der Waals surface area contributed by atoms with E-state index in [2.05, 4.69) is 13.8 Å². The Balaban J connectivity index is 0.838. The zero-order chi connectivity index (χ0) is 39.1. The molecule has 4 saturated carbocycles. The molecule has 8 aliphatic rings. The van der Waals surface area contributed by atoms with Crippen molar-refractivity contribution in [2.45, 2.75) is 210 Å². The highest BCUT2D eigenvalue weighted by molar-refractivity contribution is 5.85. The van der Waals surface area contributed by atoms with Gasteiger partial charge < -0.3 is 58.7 Å². The van der Waals surface area contributed by atoms with Crippen LogP contribution < -0.4 is 0 Å². The number of ether oxygens (including phenoxy) is 7. The topological polar surface area (TPSA) is 183 Å². The minimum Gasteiger partial charge on any atom is -0.458 e. The molecule has 19 atom stereocenters. The number of esters is 1. The standard InChI is InChI=1S/C42H66O13/c1-22-36(47)29(43)17-34(50-22)54-38-24(3)52-35(19-31(38)45)55-37-23(2)51-33(18-30(37)44)53-27-8-11-39(4)26(16-27)7-6-10-41(39)14-13-40(5)28(9-12-42(40,48)21-41)25-15-32(46)49-20-25/h15,22-24,26-31,33-38,43-45,47-48H,6-14,16-21H2,1-5H3/t22-,23+,24+,26+,27+,28-,29+,30+,31+,33-,34+,35-,36+,37-,38-,39+,40+,41+,42-/m0/s1. The number of fused-ring (bicyclic) bond motifs is 3. The average Bonchev–Trinajstić information content (AvgIpc) is 3.66. The van der Waals surface area contributed by atoms with Crippen molar-refractivity contribution in [2.75, 3.05) is 6.61 Å². The molecule has 4 aliphatic carbocycles. The van der Waals surface area contributed by atoms with Crippen molar-refractivity contribution >= 4 is 5.97 Å². The van der Waals surface area contributed by atoms with Crippen LogP contribution in [0, 0.1) is 28.1 Å². The molecule has 7 fully saturated rings. The van der Waals surface area contributed by atoms with Gasteiger partial charge in [-0.1, -0.05) is 20.3 Å². The Hall–Kier alpha value is -1.23. The third kappa shape index (κ3) is 7.17. The van der Waals surface area contributed by atoms with Crippen LogP contribution in [0.4, 0.5) is 0 Å². The Morgan fingerprint density at radius 1 is 0.691 bits per heavy atom. The number of rotatable bonds is 7. The summed E-state index contributed by atoms with van der Waals surface area (Å²) in [5.41, 5.74) is 0.227. The Kier molecular flexibility index (Phi) is 11.1. The second-order valence-corrected chi connectivity index (χ2v) is 19.3. The fourth-order valence-electron chi connectivity index (χ4n) is 12.9. The SMILES string of the molecule is C[C@@H]1O[C@H](O[C@@H]2[C@H](O)C[C@H](O[C@@H]3[C@H](O)C[C@H](O[C@@H]4CC[C@]5(C)[C@H](CCC[C@]56CC[C@]5(C)[C@H](C7=CC(=O)OC7)CC[C@]5(O)C6)C4)O[C@@H]3C)O[C@@H]2C)C[C@@H](O)[C@@H]1O. The normalized spacial score (nSPS) is 54.4. The van der Waals surface area contributed by atoms with Gasteiger partial charge in [-0.05, 0) is 113 Å². The predicted octanol–water partition coefficient (Wildman–Crippen LogP) is 3.78. The monoisotopic (exact) mass is 778 g/mol. The molecule has 0 aromatic heterocycles. The summed E-state index contributed by atoms with van der Waals surface area (Å²) < 4.78 is 42.3.